The van der Waals surface area contributed by atoms with Crippen LogP contribution < -0.4 is 10.5 Å². The molecule has 4 nitrogen and oxygen atoms in total. The van der Waals surface area contributed by atoms with E-state index in [4.69, 9.17) is 15.6 Å². The maximum Gasteiger partial charge on any atom is 0.341 e. The number of hydrogen-bond acceptors (Lipinski definition) is 3. The standard InChI is InChI=1S/C14H21NO3/c1-2-3-4-5-6-10-18-12-9-7-8-11(15)13(12)14(16)17/h7-9H,2-6,10,15H2,1H3,(H,16,17). The number of carboxylic acid groups (broad SMARTS) is 1. The molecule has 0 amide bonds. The molecular formula is C14H21NO3. The van der Waals surface area contributed by atoms with Crippen molar-refractivity contribution in [3.05, 3.63) is 23.8 Å². The van der Waals surface area contributed by atoms with Crippen LogP contribution in [-0.4, -0.2) is 17.7 Å². The maximum absolute atomic E-state index is 11.1. The molecule has 1 aromatic rings. The highest BCUT2D eigenvalue weighted by Gasteiger charge is 2.14. The number of unbranched alkanes of at least 4 members (excludes halogenated alkanes) is 4. The van der Waals surface area contributed by atoms with E-state index in [9.17, 15) is 4.79 Å². The Hall–Kier alpha value is -1.71. The predicted molar refractivity (Wildman–Crippen MR) is 72.1 cm³/mol. The number of aromatic carboxylic acids is 1. The molecule has 0 aliphatic heterocycles. The van der Waals surface area contributed by atoms with Crippen LogP contribution in [0.25, 0.3) is 0 Å². The number of benzene rings is 1. The fourth-order valence-corrected chi connectivity index (χ4v) is 1.78. The Morgan fingerprint density at radius 1 is 1.28 bits per heavy atom. The summed E-state index contributed by atoms with van der Waals surface area (Å²) in [4.78, 5) is 11.1. The lowest BCUT2D eigenvalue weighted by Crippen LogP contribution is -2.07. The minimum atomic E-state index is -1.05. The fourth-order valence-electron chi connectivity index (χ4n) is 1.78. The van der Waals surface area contributed by atoms with E-state index in [0.717, 1.165) is 12.8 Å². The van der Waals surface area contributed by atoms with E-state index >= 15 is 0 Å². The fraction of sp³-hybridized carbons (Fsp3) is 0.500. The van der Waals surface area contributed by atoms with E-state index in [1.165, 1.54) is 19.3 Å². The molecule has 100 valence electrons. The highest BCUT2D eigenvalue weighted by molar-refractivity contribution is 5.96. The van der Waals surface area contributed by atoms with Crippen molar-refractivity contribution in [2.45, 2.75) is 39.0 Å². The van der Waals surface area contributed by atoms with Gasteiger partial charge in [-0.15, -0.1) is 0 Å². The third kappa shape index (κ3) is 4.28. The SMILES string of the molecule is CCCCCCCOc1cccc(N)c1C(=O)O. The van der Waals surface area contributed by atoms with E-state index in [1.807, 2.05) is 0 Å². The number of hydrogen-bond donors (Lipinski definition) is 2. The van der Waals surface area contributed by atoms with Crippen molar-refractivity contribution in [3.8, 4) is 5.75 Å². The molecule has 0 heterocycles. The van der Waals surface area contributed by atoms with E-state index in [2.05, 4.69) is 6.92 Å². The van der Waals surface area contributed by atoms with Gasteiger partial charge < -0.3 is 15.6 Å². The molecule has 0 radical (unpaired) electrons. The van der Waals surface area contributed by atoms with E-state index in [1.54, 1.807) is 18.2 Å². The molecule has 0 spiro atoms. The van der Waals surface area contributed by atoms with Gasteiger partial charge in [0.15, 0.2) is 0 Å². The molecule has 1 aromatic carbocycles. The van der Waals surface area contributed by atoms with Gasteiger partial charge in [-0.2, -0.15) is 0 Å². The number of ether oxygens (including phenoxy) is 1. The van der Waals surface area contributed by atoms with Crippen LogP contribution in [0.3, 0.4) is 0 Å². The number of carboxylic acids is 1. The van der Waals surface area contributed by atoms with Crippen LogP contribution in [0.5, 0.6) is 5.75 Å². The average Bonchev–Trinajstić information content (AvgIpc) is 2.33. The van der Waals surface area contributed by atoms with Gasteiger partial charge in [0.25, 0.3) is 0 Å². The zero-order chi connectivity index (χ0) is 13.4. The molecule has 0 aromatic heterocycles. The smallest absolute Gasteiger partial charge is 0.341 e. The van der Waals surface area contributed by atoms with E-state index in [-0.39, 0.29) is 11.3 Å². The lowest BCUT2D eigenvalue weighted by Gasteiger charge is -2.10. The number of rotatable bonds is 8. The Balaban J connectivity index is 2.47. The number of nitrogen functional groups attached to an aromatic ring is 1. The van der Waals surface area contributed by atoms with Gasteiger partial charge in [-0.05, 0) is 18.6 Å². The second kappa shape index (κ2) is 7.58. The summed E-state index contributed by atoms with van der Waals surface area (Å²) in [5.41, 5.74) is 5.93. The minimum absolute atomic E-state index is 0.0612. The molecule has 0 aliphatic rings. The molecule has 0 saturated carbocycles. The zero-order valence-electron chi connectivity index (χ0n) is 10.8. The van der Waals surface area contributed by atoms with E-state index < -0.39 is 5.97 Å². The van der Waals surface area contributed by atoms with Gasteiger partial charge in [0.05, 0.1) is 6.61 Å². The van der Waals surface area contributed by atoms with Crippen LogP contribution in [0.4, 0.5) is 5.69 Å². The third-order valence-corrected chi connectivity index (χ3v) is 2.78. The molecular weight excluding hydrogens is 230 g/mol. The topological polar surface area (TPSA) is 72.5 Å². The Kier molecular flexibility index (Phi) is 6.05. The van der Waals surface area contributed by atoms with Gasteiger partial charge in [0, 0.05) is 5.69 Å². The first-order valence-electron chi connectivity index (χ1n) is 6.41. The van der Waals surface area contributed by atoms with Crippen molar-refractivity contribution in [1.82, 2.24) is 0 Å². The largest absolute Gasteiger partial charge is 0.493 e. The second-order valence-electron chi connectivity index (χ2n) is 4.29. The summed E-state index contributed by atoms with van der Waals surface area (Å²) in [6.45, 7) is 2.70. The number of carbonyl (C=O) groups is 1. The first kappa shape index (κ1) is 14.4. The first-order valence-corrected chi connectivity index (χ1v) is 6.41. The predicted octanol–water partition coefficient (Wildman–Crippen LogP) is 3.32. The molecule has 1 rings (SSSR count). The van der Waals surface area contributed by atoms with Crippen molar-refractivity contribution in [2.75, 3.05) is 12.3 Å². The Labute approximate surface area is 108 Å². The van der Waals surface area contributed by atoms with Gasteiger partial charge in [-0.3, -0.25) is 0 Å². The summed E-state index contributed by atoms with van der Waals surface area (Å²) in [5, 5.41) is 9.06. The second-order valence-corrected chi connectivity index (χ2v) is 4.29. The van der Waals surface area contributed by atoms with Gasteiger partial charge in [0.1, 0.15) is 11.3 Å². The Bertz CT molecular complexity index is 391. The van der Waals surface area contributed by atoms with Crippen molar-refractivity contribution >= 4 is 11.7 Å². The van der Waals surface area contributed by atoms with Crippen molar-refractivity contribution in [2.24, 2.45) is 0 Å². The summed E-state index contributed by atoms with van der Waals surface area (Å²) in [6, 6.07) is 4.91. The molecule has 3 N–H and O–H groups in total. The average molecular weight is 251 g/mol. The summed E-state index contributed by atoms with van der Waals surface area (Å²) >= 11 is 0. The zero-order valence-corrected chi connectivity index (χ0v) is 10.8. The molecule has 0 fully saturated rings. The number of nitrogens with two attached hydrogens (primary N) is 1. The van der Waals surface area contributed by atoms with Crippen LogP contribution in [0.1, 0.15) is 49.4 Å². The van der Waals surface area contributed by atoms with Crippen LogP contribution in [0.2, 0.25) is 0 Å². The first-order chi connectivity index (χ1) is 8.66. The van der Waals surface area contributed by atoms with Crippen LogP contribution >= 0.6 is 0 Å². The summed E-state index contributed by atoms with van der Waals surface area (Å²) in [5.74, 6) is -0.688. The molecule has 0 bridgehead atoms. The van der Waals surface area contributed by atoms with Crippen LogP contribution in [-0.2, 0) is 0 Å². The summed E-state index contributed by atoms with van der Waals surface area (Å²) in [6.07, 6.45) is 5.69. The van der Waals surface area contributed by atoms with Gasteiger partial charge >= 0.3 is 5.97 Å². The maximum atomic E-state index is 11.1. The highest BCUT2D eigenvalue weighted by atomic mass is 16.5. The molecule has 0 unspecified atom stereocenters. The van der Waals surface area contributed by atoms with Crippen molar-refractivity contribution in [1.29, 1.82) is 0 Å². The molecule has 4 heteroatoms. The normalized spacial score (nSPS) is 10.3. The molecule has 0 saturated heterocycles. The van der Waals surface area contributed by atoms with Crippen molar-refractivity contribution < 1.29 is 14.6 Å². The van der Waals surface area contributed by atoms with Crippen molar-refractivity contribution in [3.63, 3.8) is 0 Å². The van der Waals surface area contributed by atoms with Gasteiger partial charge in [0.2, 0.25) is 0 Å². The van der Waals surface area contributed by atoms with Crippen LogP contribution in [0.15, 0.2) is 18.2 Å². The highest BCUT2D eigenvalue weighted by Crippen LogP contribution is 2.24. The summed E-state index contributed by atoms with van der Waals surface area (Å²) in [7, 11) is 0. The summed E-state index contributed by atoms with van der Waals surface area (Å²) < 4.78 is 5.50. The van der Waals surface area contributed by atoms with E-state index in [0.29, 0.717) is 12.4 Å². The molecule has 0 aliphatic carbocycles. The monoisotopic (exact) mass is 251 g/mol. The molecule has 18 heavy (non-hydrogen) atoms. The third-order valence-electron chi connectivity index (χ3n) is 2.78. The van der Waals surface area contributed by atoms with Crippen LogP contribution in [0, 0.1) is 0 Å². The Morgan fingerprint density at radius 2 is 2.00 bits per heavy atom. The Morgan fingerprint density at radius 3 is 2.67 bits per heavy atom. The quantitative estimate of drug-likeness (QED) is 0.549. The van der Waals surface area contributed by atoms with Gasteiger partial charge in [-0.1, -0.05) is 38.7 Å². The number of anilines is 1. The van der Waals surface area contributed by atoms with Gasteiger partial charge in [-0.25, -0.2) is 4.79 Å². The lowest BCUT2D eigenvalue weighted by molar-refractivity contribution is 0.0693. The lowest BCUT2D eigenvalue weighted by atomic mass is 10.1. The molecule has 0 atom stereocenters. The minimum Gasteiger partial charge on any atom is -0.493 e.